The summed E-state index contributed by atoms with van der Waals surface area (Å²) in [7, 11) is 0. The first-order chi connectivity index (χ1) is 13.6. The van der Waals surface area contributed by atoms with E-state index in [0.29, 0.717) is 16.9 Å². The lowest BCUT2D eigenvalue weighted by atomic mass is 9.42. The third kappa shape index (κ3) is 3.04. The lowest BCUT2D eigenvalue weighted by molar-refractivity contribution is -0.147. The number of carbonyl (C=O) groups excluding carboxylic acids is 1. The van der Waals surface area contributed by atoms with E-state index in [0.717, 1.165) is 24.9 Å². The van der Waals surface area contributed by atoms with Gasteiger partial charge in [-0.2, -0.15) is 0 Å². The molecule has 4 heteroatoms. The van der Waals surface area contributed by atoms with E-state index in [-0.39, 0.29) is 16.7 Å². The highest BCUT2D eigenvalue weighted by Crippen LogP contribution is 2.65. The monoisotopic (exact) mass is 390 g/mol. The fourth-order valence-electron chi connectivity index (χ4n) is 6.58. The number of hydrogen-bond donors (Lipinski definition) is 2. The van der Waals surface area contributed by atoms with Gasteiger partial charge < -0.3 is 10.6 Å². The van der Waals surface area contributed by atoms with Gasteiger partial charge in [0.25, 0.3) is 0 Å². The largest absolute Gasteiger partial charge is 0.332 e. The summed E-state index contributed by atoms with van der Waals surface area (Å²) < 4.78 is 0. The maximum Gasteiger partial charge on any atom is 0.232 e. The standard InChI is InChI=1S/C24H26N2OS/c27-21(26-22(28)25-20-9-5-2-6-10-20)24-14-17-11-18(15-24)13-23(12-17,16-24)19-7-3-1-4-8-19/h1-10,17-18H,11-16H2,(H2,25,26,27,28)/t17-,18+,23?,24?. The number of thiocarbonyl (C=S) groups is 1. The van der Waals surface area contributed by atoms with Gasteiger partial charge in [0.15, 0.2) is 5.11 Å². The topological polar surface area (TPSA) is 41.1 Å². The van der Waals surface area contributed by atoms with Crippen molar-refractivity contribution < 1.29 is 4.79 Å². The Balaban J connectivity index is 1.37. The molecule has 2 aromatic carbocycles. The molecule has 0 saturated heterocycles. The van der Waals surface area contributed by atoms with Crippen molar-refractivity contribution >= 4 is 28.9 Å². The third-order valence-corrected chi connectivity index (χ3v) is 7.39. The van der Waals surface area contributed by atoms with Crippen LogP contribution in [0.5, 0.6) is 0 Å². The molecule has 4 saturated carbocycles. The van der Waals surface area contributed by atoms with E-state index < -0.39 is 0 Å². The first-order valence-electron chi connectivity index (χ1n) is 10.3. The molecule has 0 aliphatic heterocycles. The average molecular weight is 391 g/mol. The van der Waals surface area contributed by atoms with Crippen LogP contribution >= 0.6 is 12.2 Å². The molecule has 2 N–H and O–H groups in total. The van der Waals surface area contributed by atoms with Gasteiger partial charge >= 0.3 is 0 Å². The van der Waals surface area contributed by atoms with E-state index >= 15 is 0 Å². The SMILES string of the molecule is O=C(NC(=S)Nc1ccccc1)C12C[C@H]3C[C@@H](C1)CC(c1ccccc1)(C3)C2. The Morgan fingerprint density at radius 2 is 1.50 bits per heavy atom. The van der Waals surface area contributed by atoms with E-state index in [1.807, 2.05) is 30.3 Å². The molecule has 144 valence electrons. The number of nitrogens with one attached hydrogen (secondary N) is 2. The van der Waals surface area contributed by atoms with Crippen LogP contribution in [0.25, 0.3) is 0 Å². The summed E-state index contributed by atoms with van der Waals surface area (Å²) >= 11 is 5.45. The maximum atomic E-state index is 13.4. The molecule has 0 spiro atoms. The van der Waals surface area contributed by atoms with Gasteiger partial charge in [-0.25, -0.2) is 0 Å². The van der Waals surface area contributed by atoms with Gasteiger partial charge in [0.1, 0.15) is 0 Å². The van der Waals surface area contributed by atoms with Crippen molar-refractivity contribution in [2.75, 3.05) is 5.32 Å². The lowest BCUT2D eigenvalue weighted by Gasteiger charge is -2.61. The minimum absolute atomic E-state index is 0.121. The number of benzene rings is 2. The normalized spacial score (nSPS) is 32.7. The molecule has 4 atom stereocenters. The zero-order valence-corrected chi connectivity index (χ0v) is 16.8. The van der Waals surface area contributed by atoms with Gasteiger partial charge in [0.05, 0.1) is 5.41 Å². The molecule has 28 heavy (non-hydrogen) atoms. The van der Waals surface area contributed by atoms with Crippen LogP contribution in [0.3, 0.4) is 0 Å². The van der Waals surface area contributed by atoms with Gasteiger partial charge in [-0.3, -0.25) is 4.79 Å². The molecule has 2 aromatic rings. The number of carbonyl (C=O) groups is 1. The number of hydrogen-bond acceptors (Lipinski definition) is 2. The Morgan fingerprint density at radius 3 is 2.14 bits per heavy atom. The summed E-state index contributed by atoms with van der Waals surface area (Å²) in [5.74, 6) is 1.43. The van der Waals surface area contributed by atoms with Crippen LogP contribution < -0.4 is 10.6 Å². The molecule has 0 heterocycles. The molecule has 3 nitrogen and oxygen atoms in total. The number of para-hydroxylation sites is 1. The summed E-state index contributed by atoms with van der Waals surface area (Å²) in [4.78, 5) is 13.4. The van der Waals surface area contributed by atoms with Crippen LogP contribution in [0.15, 0.2) is 60.7 Å². The van der Waals surface area contributed by atoms with Crippen molar-refractivity contribution in [3.63, 3.8) is 0 Å². The highest BCUT2D eigenvalue weighted by atomic mass is 32.1. The molecule has 0 radical (unpaired) electrons. The smallest absolute Gasteiger partial charge is 0.232 e. The number of rotatable bonds is 3. The van der Waals surface area contributed by atoms with E-state index in [4.69, 9.17) is 12.2 Å². The predicted molar refractivity (Wildman–Crippen MR) is 116 cm³/mol. The van der Waals surface area contributed by atoms with E-state index in [1.54, 1.807) is 0 Å². The second-order valence-electron chi connectivity index (χ2n) is 9.16. The molecule has 4 aliphatic carbocycles. The van der Waals surface area contributed by atoms with Crippen LogP contribution in [0, 0.1) is 17.3 Å². The van der Waals surface area contributed by atoms with E-state index in [1.165, 1.54) is 24.8 Å². The Labute approximate surface area is 171 Å². The van der Waals surface area contributed by atoms with Crippen LogP contribution in [0.4, 0.5) is 5.69 Å². The van der Waals surface area contributed by atoms with Gasteiger partial charge in [-0.1, -0.05) is 48.5 Å². The Hall–Kier alpha value is -2.20. The molecule has 2 unspecified atom stereocenters. The first kappa shape index (κ1) is 17.9. The molecule has 4 bridgehead atoms. The quantitative estimate of drug-likeness (QED) is 0.722. The van der Waals surface area contributed by atoms with Gasteiger partial charge in [0.2, 0.25) is 5.91 Å². The van der Waals surface area contributed by atoms with Crippen molar-refractivity contribution in [1.29, 1.82) is 0 Å². The highest BCUT2D eigenvalue weighted by molar-refractivity contribution is 7.80. The molecule has 4 fully saturated rings. The second-order valence-corrected chi connectivity index (χ2v) is 9.57. The number of anilines is 1. The fourth-order valence-corrected chi connectivity index (χ4v) is 6.79. The van der Waals surface area contributed by atoms with Crippen LogP contribution in [-0.4, -0.2) is 11.0 Å². The number of amides is 1. The second kappa shape index (κ2) is 6.70. The third-order valence-electron chi connectivity index (χ3n) is 7.19. The highest BCUT2D eigenvalue weighted by Gasteiger charge is 2.60. The van der Waals surface area contributed by atoms with Crippen molar-refractivity contribution in [2.45, 2.75) is 43.9 Å². The van der Waals surface area contributed by atoms with Crippen molar-refractivity contribution in [1.82, 2.24) is 5.32 Å². The fraction of sp³-hybridized carbons (Fsp3) is 0.417. The lowest BCUT2D eigenvalue weighted by Crippen LogP contribution is -2.59. The molecule has 4 aliphatic rings. The van der Waals surface area contributed by atoms with Crippen molar-refractivity contribution in [3.05, 3.63) is 66.2 Å². The summed E-state index contributed by atoms with van der Waals surface area (Å²) in [5.41, 5.74) is 2.21. The van der Waals surface area contributed by atoms with E-state index in [2.05, 4.69) is 41.0 Å². The Bertz CT molecular complexity index is 881. The zero-order chi connectivity index (χ0) is 19.2. The van der Waals surface area contributed by atoms with Crippen LogP contribution in [0.1, 0.15) is 44.1 Å². The van der Waals surface area contributed by atoms with Gasteiger partial charge in [-0.15, -0.1) is 0 Å². The molecular weight excluding hydrogens is 364 g/mol. The van der Waals surface area contributed by atoms with Crippen molar-refractivity contribution in [3.8, 4) is 0 Å². The predicted octanol–water partition coefficient (Wildman–Crippen LogP) is 5.04. The summed E-state index contributed by atoms with van der Waals surface area (Å²) in [6, 6.07) is 20.7. The maximum absolute atomic E-state index is 13.4. The summed E-state index contributed by atoms with van der Waals surface area (Å²) in [5, 5.41) is 6.58. The van der Waals surface area contributed by atoms with Crippen molar-refractivity contribution in [2.24, 2.45) is 17.3 Å². The Kier molecular flexibility index (Phi) is 4.27. The van der Waals surface area contributed by atoms with Crippen LogP contribution in [-0.2, 0) is 10.2 Å². The average Bonchev–Trinajstić information content (AvgIpc) is 2.68. The molecule has 6 rings (SSSR count). The summed E-state index contributed by atoms with van der Waals surface area (Å²) in [6.07, 6.45) is 6.73. The Morgan fingerprint density at radius 1 is 0.893 bits per heavy atom. The van der Waals surface area contributed by atoms with E-state index in [9.17, 15) is 4.79 Å². The van der Waals surface area contributed by atoms with Gasteiger partial charge in [-0.05, 0) is 85.7 Å². The summed E-state index contributed by atoms with van der Waals surface area (Å²) in [6.45, 7) is 0. The zero-order valence-electron chi connectivity index (χ0n) is 16.0. The van der Waals surface area contributed by atoms with Crippen LogP contribution in [0.2, 0.25) is 0 Å². The van der Waals surface area contributed by atoms with Gasteiger partial charge in [0, 0.05) is 5.69 Å². The molecule has 1 amide bonds. The first-order valence-corrected chi connectivity index (χ1v) is 10.7. The molecule has 0 aromatic heterocycles. The molecular formula is C24H26N2OS. The minimum Gasteiger partial charge on any atom is -0.332 e. The minimum atomic E-state index is -0.275.